The van der Waals surface area contributed by atoms with Gasteiger partial charge in [0, 0.05) is 11.1 Å². The molecule has 0 aromatic rings. The van der Waals surface area contributed by atoms with Gasteiger partial charge in [0.15, 0.2) is 0 Å². The van der Waals surface area contributed by atoms with E-state index in [1.807, 2.05) is 0 Å². The predicted molar refractivity (Wildman–Crippen MR) is 102 cm³/mol. The Morgan fingerprint density at radius 1 is 0.840 bits per heavy atom. The zero-order valence-corrected chi connectivity index (χ0v) is 16.6. The first-order valence-electron chi connectivity index (χ1n) is 9.26. The van der Waals surface area contributed by atoms with Crippen LogP contribution >= 0.6 is 9.24 Å². The zero-order valence-electron chi connectivity index (χ0n) is 15.5. The molecule has 4 atom stereocenters. The summed E-state index contributed by atoms with van der Waals surface area (Å²) in [6, 6.07) is 0. The topological polar surface area (TPSA) is 52.6 Å². The van der Waals surface area contributed by atoms with Gasteiger partial charge in [0.05, 0.1) is 0 Å². The van der Waals surface area contributed by atoms with Gasteiger partial charge in [0.25, 0.3) is 0 Å². The van der Waals surface area contributed by atoms with Crippen molar-refractivity contribution >= 4 is 21.2 Å². The lowest BCUT2D eigenvalue weighted by Gasteiger charge is -2.41. The minimum atomic E-state index is -0.277. The molecule has 0 aromatic carbocycles. The fourth-order valence-electron chi connectivity index (χ4n) is 4.02. The van der Waals surface area contributed by atoms with E-state index in [0.717, 1.165) is 44.9 Å². The average molecular weight is 366 g/mol. The Labute approximate surface area is 153 Å². The summed E-state index contributed by atoms with van der Waals surface area (Å²) in [5, 5.41) is 0. The summed E-state index contributed by atoms with van der Waals surface area (Å²) < 4.78 is 11.0. The molecule has 0 heterocycles. The molecule has 4 nitrogen and oxygen atoms in total. The van der Waals surface area contributed by atoms with Crippen molar-refractivity contribution in [1.82, 2.24) is 0 Å². The fourth-order valence-corrected chi connectivity index (χ4v) is 4.83. The van der Waals surface area contributed by atoms with E-state index < -0.39 is 0 Å². The lowest BCUT2D eigenvalue weighted by molar-refractivity contribution is -0.148. The van der Waals surface area contributed by atoms with Crippen LogP contribution in [-0.2, 0) is 19.1 Å². The van der Waals surface area contributed by atoms with Crippen LogP contribution in [-0.4, -0.2) is 29.8 Å². The van der Waals surface area contributed by atoms with Crippen molar-refractivity contribution < 1.29 is 19.1 Å². The highest BCUT2D eigenvalue weighted by atomic mass is 31.0. The first kappa shape index (κ1) is 20.2. The molecule has 2 aliphatic rings. The maximum absolute atomic E-state index is 11.7. The van der Waals surface area contributed by atoms with E-state index in [-0.39, 0.29) is 24.1 Å². The number of ether oxygens (including phenoxy) is 2. The molecule has 0 N–H and O–H groups in total. The van der Waals surface area contributed by atoms with E-state index in [0.29, 0.717) is 28.6 Å². The van der Waals surface area contributed by atoms with Gasteiger partial charge in [-0.05, 0) is 76.3 Å². The molecule has 0 bridgehead atoms. The minimum absolute atomic E-state index is 0.0100. The van der Waals surface area contributed by atoms with Crippen LogP contribution < -0.4 is 0 Å². The SMILES string of the molecule is C=C(C)C(=O)OC1CCC(C2CCC(OC(=O)C(=C)C)CC2P)CC1. The Hall–Kier alpha value is -1.15. The van der Waals surface area contributed by atoms with Crippen LogP contribution in [0.25, 0.3) is 0 Å². The number of hydrogen-bond acceptors (Lipinski definition) is 4. The molecule has 0 radical (unpaired) electrons. The number of esters is 2. The normalized spacial score (nSPS) is 32.5. The number of carbonyl (C=O) groups excluding carboxylic acids is 2. The van der Waals surface area contributed by atoms with Crippen LogP contribution in [0.5, 0.6) is 0 Å². The number of carbonyl (C=O) groups is 2. The van der Waals surface area contributed by atoms with E-state index in [9.17, 15) is 9.59 Å². The van der Waals surface area contributed by atoms with Crippen molar-refractivity contribution in [2.45, 2.75) is 76.7 Å². The first-order valence-corrected chi connectivity index (χ1v) is 9.93. The highest BCUT2D eigenvalue weighted by Crippen LogP contribution is 2.42. The molecule has 2 rings (SSSR count). The van der Waals surface area contributed by atoms with Crippen LogP contribution in [0.15, 0.2) is 24.3 Å². The largest absolute Gasteiger partial charge is 0.459 e. The summed E-state index contributed by atoms with van der Waals surface area (Å²) in [4.78, 5) is 23.3. The lowest BCUT2D eigenvalue weighted by Crippen LogP contribution is -2.37. The molecule has 2 fully saturated rings. The molecule has 0 amide bonds. The number of hydrogen-bond donors (Lipinski definition) is 0. The third kappa shape index (κ3) is 5.67. The second kappa shape index (κ2) is 8.98. The Bertz CT molecular complexity index is 534. The summed E-state index contributed by atoms with van der Waals surface area (Å²) in [6.07, 6.45) is 7.03. The molecule has 0 saturated heterocycles. The van der Waals surface area contributed by atoms with E-state index in [4.69, 9.17) is 9.47 Å². The summed E-state index contributed by atoms with van der Waals surface area (Å²) in [7, 11) is 2.96. The van der Waals surface area contributed by atoms with E-state index in [2.05, 4.69) is 22.4 Å². The molecule has 2 aliphatic carbocycles. The molecule has 2 saturated carbocycles. The van der Waals surface area contributed by atoms with Gasteiger partial charge in [0.2, 0.25) is 0 Å². The quantitative estimate of drug-likeness (QED) is 0.416. The monoisotopic (exact) mass is 366 g/mol. The van der Waals surface area contributed by atoms with Crippen molar-refractivity contribution in [2.75, 3.05) is 0 Å². The fraction of sp³-hybridized carbons (Fsp3) is 0.700. The molecular weight excluding hydrogens is 335 g/mol. The summed E-state index contributed by atoms with van der Waals surface area (Å²) >= 11 is 0. The van der Waals surface area contributed by atoms with Crippen molar-refractivity contribution in [3.05, 3.63) is 24.3 Å². The van der Waals surface area contributed by atoms with Gasteiger partial charge in [-0.15, -0.1) is 9.24 Å². The van der Waals surface area contributed by atoms with Crippen molar-refractivity contribution in [1.29, 1.82) is 0 Å². The van der Waals surface area contributed by atoms with E-state index in [1.165, 1.54) is 0 Å². The smallest absolute Gasteiger partial charge is 0.333 e. The maximum Gasteiger partial charge on any atom is 0.333 e. The summed E-state index contributed by atoms with van der Waals surface area (Å²) in [5.74, 6) is 0.760. The predicted octanol–water partition coefficient (Wildman–Crippen LogP) is 4.20. The Balaban J connectivity index is 1.78. The molecule has 0 aromatic heterocycles. The molecule has 4 unspecified atom stereocenters. The third-order valence-electron chi connectivity index (χ3n) is 5.48. The van der Waals surface area contributed by atoms with Gasteiger partial charge in [-0.2, -0.15) is 0 Å². The first-order chi connectivity index (χ1) is 11.8. The molecule has 0 spiro atoms. The molecule has 25 heavy (non-hydrogen) atoms. The van der Waals surface area contributed by atoms with E-state index in [1.54, 1.807) is 13.8 Å². The highest BCUT2D eigenvalue weighted by Gasteiger charge is 2.37. The van der Waals surface area contributed by atoms with E-state index >= 15 is 0 Å². The standard InChI is InChI=1S/C20H31O4P/c1-12(2)19(21)23-15-7-5-14(6-8-15)17-10-9-16(11-18(17)25)24-20(22)13(3)4/h14-18H,1,3,5-11,25H2,2,4H3. The van der Waals surface area contributed by atoms with Crippen molar-refractivity contribution in [3.8, 4) is 0 Å². The average Bonchev–Trinajstić information content (AvgIpc) is 2.55. The second-order valence-corrected chi connectivity index (χ2v) is 8.53. The summed E-state index contributed by atoms with van der Waals surface area (Å²) in [6.45, 7) is 10.7. The van der Waals surface area contributed by atoms with Crippen molar-refractivity contribution in [3.63, 3.8) is 0 Å². The van der Waals surface area contributed by atoms with Gasteiger partial charge >= 0.3 is 11.9 Å². The van der Waals surface area contributed by atoms with Gasteiger partial charge in [-0.1, -0.05) is 13.2 Å². The zero-order chi connectivity index (χ0) is 18.6. The summed E-state index contributed by atoms with van der Waals surface area (Å²) in [5.41, 5.74) is 1.40. The van der Waals surface area contributed by atoms with Gasteiger partial charge in [0.1, 0.15) is 12.2 Å². The van der Waals surface area contributed by atoms with Crippen molar-refractivity contribution in [2.24, 2.45) is 11.8 Å². The van der Waals surface area contributed by atoms with Crippen LogP contribution in [0.2, 0.25) is 0 Å². The van der Waals surface area contributed by atoms with Crippen LogP contribution in [0.4, 0.5) is 0 Å². The Kier molecular flexibility index (Phi) is 7.25. The van der Waals surface area contributed by atoms with Gasteiger partial charge in [-0.3, -0.25) is 0 Å². The second-order valence-electron chi connectivity index (χ2n) is 7.67. The maximum atomic E-state index is 11.7. The molecule has 5 heteroatoms. The van der Waals surface area contributed by atoms with Gasteiger partial charge in [-0.25, -0.2) is 9.59 Å². The molecular formula is C20H31O4P. The lowest BCUT2D eigenvalue weighted by atomic mass is 9.72. The minimum Gasteiger partial charge on any atom is -0.459 e. The molecule has 140 valence electrons. The Morgan fingerprint density at radius 3 is 1.80 bits per heavy atom. The molecule has 0 aliphatic heterocycles. The van der Waals surface area contributed by atoms with Crippen LogP contribution in [0.3, 0.4) is 0 Å². The van der Waals surface area contributed by atoms with Crippen LogP contribution in [0.1, 0.15) is 58.8 Å². The Morgan fingerprint density at radius 2 is 1.32 bits per heavy atom. The van der Waals surface area contributed by atoms with Crippen LogP contribution in [0, 0.1) is 11.8 Å². The third-order valence-corrected chi connectivity index (χ3v) is 6.24. The highest BCUT2D eigenvalue weighted by molar-refractivity contribution is 7.17. The van der Waals surface area contributed by atoms with Gasteiger partial charge < -0.3 is 9.47 Å². The number of rotatable bonds is 5.